The number of benzene rings is 2. The number of aromatic nitrogens is 1. The highest BCUT2D eigenvalue weighted by Gasteiger charge is 2.33. The Kier molecular flexibility index (Phi) is 8.69. The van der Waals surface area contributed by atoms with Crippen molar-refractivity contribution >= 4 is 17.9 Å². The van der Waals surface area contributed by atoms with Crippen molar-refractivity contribution < 1.29 is 23.9 Å². The molecule has 1 fully saturated rings. The van der Waals surface area contributed by atoms with Crippen LogP contribution in [0.3, 0.4) is 0 Å². The van der Waals surface area contributed by atoms with E-state index in [0.29, 0.717) is 48.6 Å². The number of nitrogen functional groups attached to an aromatic ring is 1. The number of piperidine rings is 1. The summed E-state index contributed by atoms with van der Waals surface area (Å²) in [7, 11) is 0. The number of amides is 3. The fourth-order valence-electron chi connectivity index (χ4n) is 4.78. The van der Waals surface area contributed by atoms with Gasteiger partial charge in [-0.2, -0.15) is 0 Å². The normalized spacial score (nSPS) is 15.3. The molecule has 210 valence electrons. The third-order valence-corrected chi connectivity index (χ3v) is 6.56. The molecule has 5 N–H and O–H groups in total. The molecule has 0 aliphatic carbocycles. The summed E-state index contributed by atoms with van der Waals surface area (Å²) in [5, 5.41) is 0. The summed E-state index contributed by atoms with van der Waals surface area (Å²) in [6.45, 7) is 6.55. The van der Waals surface area contributed by atoms with Gasteiger partial charge in [-0.1, -0.05) is 42.5 Å². The Morgan fingerprint density at radius 3 is 2.45 bits per heavy atom. The number of nitrogens with zero attached hydrogens (tertiary/aromatic N) is 2. The molecule has 10 nitrogen and oxygen atoms in total. The first-order valence-corrected chi connectivity index (χ1v) is 13.2. The van der Waals surface area contributed by atoms with Crippen LogP contribution in [0.15, 0.2) is 60.7 Å². The van der Waals surface area contributed by atoms with Crippen LogP contribution in [0.4, 0.5) is 4.79 Å². The number of pyridine rings is 1. The summed E-state index contributed by atoms with van der Waals surface area (Å²) < 4.78 is 11.7. The molecule has 4 rings (SSSR count). The molecule has 0 spiro atoms. The lowest BCUT2D eigenvalue weighted by molar-refractivity contribution is 0.0198. The number of hydrazine groups is 1. The van der Waals surface area contributed by atoms with Crippen LogP contribution in [0.1, 0.15) is 71.5 Å². The molecule has 0 bridgehead atoms. The molecule has 0 radical (unpaired) electrons. The molecule has 3 amide bonds. The molecule has 3 aromatic rings. The Bertz CT molecular complexity index is 1390. The fraction of sp³-hybridized carbons (Fsp3) is 0.333. The summed E-state index contributed by atoms with van der Waals surface area (Å²) in [6.07, 6.45) is 0.903. The van der Waals surface area contributed by atoms with Gasteiger partial charge in [0.05, 0.1) is 11.3 Å². The number of carbonyl (C=O) groups is 3. The molecule has 10 heteroatoms. The number of rotatable bonds is 7. The minimum Gasteiger partial charge on any atom is -0.488 e. The van der Waals surface area contributed by atoms with Gasteiger partial charge in [-0.3, -0.25) is 15.0 Å². The zero-order valence-corrected chi connectivity index (χ0v) is 23.0. The molecule has 0 saturated carbocycles. The molecule has 1 aromatic heterocycles. The lowest BCUT2D eigenvalue weighted by Gasteiger charge is -2.35. The van der Waals surface area contributed by atoms with Crippen LogP contribution in [0.25, 0.3) is 11.3 Å². The Labute approximate surface area is 233 Å². The first kappa shape index (κ1) is 28.6. The van der Waals surface area contributed by atoms with Crippen molar-refractivity contribution in [2.45, 2.75) is 51.7 Å². The number of hydrogen-bond acceptors (Lipinski definition) is 7. The van der Waals surface area contributed by atoms with Crippen molar-refractivity contribution in [3.05, 3.63) is 83.0 Å². The number of nitrogens with one attached hydrogen (secondary N) is 1. The zero-order chi connectivity index (χ0) is 28.9. The second-order valence-corrected chi connectivity index (χ2v) is 10.7. The lowest BCUT2D eigenvalue weighted by atomic mass is 9.85. The number of hydrogen-bond donors (Lipinski definition) is 3. The lowest BCUT2D eigenvalue weighted by Crippen LogP contribution is -2.42. The zero-order valence-electron chi connectivity index (χ0n) is 23.0. The Balaban J connectivity index is 1.77. The second-order valence-electron chi connectivity index (χ2n) is 10.7. The van der Waals surface area contributed by atoms with Crippen LogP contribution >= 0.6 is 0 Å². The quantitative estimate of drug-likeness (QED) is 0.229. The topological polar surface area (TPSA) is 150 Å². The van der Waals surface area contributed by atoms with Crippen molar-refractivity contribution in [3.63, 3.8) is 0 Å². The van der Waals surface area contributed by atoms with Crippen molar-refractivity contribution in [2.24, 2.45) is 11.6 Å². The Hall–Kier alpha value is -4.44. The van der Waals surface area contributed by atoms with E-state index in [9.17, 15) is 14.4 Å². The van der Waals surface area contributed by atoms with E-state index in [0.717, 1.165) is 5.56 Å². The van der Waals surface area contributed by atoms with Crippen LogP contribution in [-0.4, -0.2) is 46.5 Å². The summed E-state index contributed by atoms with van der Waals surface area (Å²) >= 11 is 0. The standard InChI is InChI=1S/C30H35N5O5/c1-30(2,3)40-29(38)35-15-9-12-20(17-35)22-16-23(33-26(28(37)34-32)25(22)27(31)36)21-13-7-8-14-24(21)39-18-19-10-5-4-6-11-19/h4-8,10-11,13-14,16,20H,9,12,15,17-18,32H2,1-3H3,(H2,31,36)(H,34,37). The van der Waals surface area contributed by atoms with E-state index >= 15 is 0 Å². The Morgan fingerprint density at radius 2 is 1.77 bits per heavy atom. The van der Waals surface area contributed by atoms with E-state index in [2.05, 4.69) is 10.4 Å². The third kappa shape index (κ3) is 6.76. The number of nitrogens with two attached hydrogens (primary N) is 2. The van der Waals surface area contributed by atoms with Crippen LogP contribution < -0.4 is 21.7 Å². The highest BCUT2D eigenvalue weighted by atomic mass is 16.6. The molecule has 2 aromatic carbocycles. The van der Waals surface area contributed by atoms with Crippen molar-refractivity contribution in [2.75, 3.05) is 13.1 Å². The van der Waals surface area contributed by atoms with Gasteiger partial charge in [0.1, 0.15) is 23.7 Å². The Morgan fingerprint density at radius 1 is 1.07 bits per heavy atom. The minimum atomic E-state index is -0.810. The van der Waals surface area contributed by atoms with Gasteiger partial charge in [-0.05, 0) is 62.9 Å². The van der Waals surface area contributed by atoms with Gasteiger partial charge in [0, 0.05) is 24.6 Å². The van der Waals surface area contributed by atoms with Crippen LogP contribution in [-0.2, 0) is 11.3 Å². The van der Waals surface area contributed by atoms with Gasteiger partial charge in [0.2, 0.25) is 0 Å². The number of likely N-dealkylation sites (tertiary alicyclic amines) is 1. The molecule has 1 atom stereocenters. The van der Waals surface area contributed by atoms with E-state index in [1.54, 1.807) is 11.0 Å². The van der Waals surface area contributed by atoms with Gasteiger partial charge in [-0.15, -0.1) is 0 Å². The predicted octanol–water partition coefficient (Wildman–Crippen LogP) is 4.14. The molecule has 1 saturated heterocycles. The summed E-state index contributed by atoms with van der Waals surface area (Å²) in [6, 6.07) is 18.8. The van der Waals surface area contributed by atoms with E-state index in [-0.39, 0.29) is 23.7 Å². The molecular weight excluding hydrogens is 510 g/mol. The maximum atomic E-state index is 12.9. The second kappa shape index (κ2) is 12.2. The number of para-hydroxylation sites is 1. The highest BCUT2D eigenvalue weighted by Crippen LogP contribution is 2.36. The smallest absolute Gasteiger partial charge is 0.410 e. The van der Waals surface area contributed by atoms with Gasteiger partial charge in [0.15, 0.2) is 0 Å². The monoisotopic (exact) mass is 545 g/mol. The average molecular weight is 546 g/mol. The first-order chi connectivity index (χ1) is 19.1. The predicted molar refractivity (Wildman–Crippen MR) is 150 cm³/mol. The van der Waals surface area contributed by atoms with E-state index in [1.165, 1.54) is 0 Å². The van der Waals surface area contributed by atoms with Gasteiger partial charge in [-0.25, -0.2) is 15.6 Å². The van der Waals surface area contributed by atoms with E-state index < -0.39 is 23.5 Å². The van der Waals surface area contributed by atoms with Crippen LogP contribution in [0.2, 0.25) is 0 Å². The minimum absolute atomic E-state index is 0.0228. The van der Waals surface area contributed by atoms with Crippen molar-refractivity contribution in [1.29, 1.82) is 0 Å². The molecule has 40 heavy (non-hydrogen) atoms. The summed E-state index contributed by atoms with van der Waals surface area (Å²) in [5.74, 6) is 4.16. The SMILES string of the molecule is CC(C)(C)OC(=O)N1CCCC(c2cc(-c3ccccc3OCc3ccccc3)nc(C(=O)NN)c2C(N)=O)C1. The van der Waals surface area contributed by atoms with Gasteiger partial charge in [0.25, 0.3) is 11.8 Å². The fourth-order valence-corrected chi connectivity index (χ4v) is 4.78. The van der Waals surface area contributed by atoms with Crippen molar-refractivity contribution in [1.82, 2.24) is 15.3 Å². The largest absolute Gasteiger partial charge is 0.488 e. The summed E-state index contributed by atoms with van der Waals surface area (Å²) in [4.78, 5) is 44.6. The molecule has 2 heterocycles. The van der Waals surface area contributed by atoms with Gasteiger partial charge < -0.3 is 20.1 Å². The number of carbonyl (C=O) groups excluding carboxylic acids is 3. The molecule has 1 aliphatic heterocycles. The maximum absolute atomic E-state index is 12.9. The number of ether oxygens (including phenoxy) is 2. The molecule has 1 aliphatic rings. The average Bonchev–Trinajstić information content (AvgIpc) is 2.94. The summed E-state index contributed by atoms with van der Waals surface area (Å²) in [5.41, 5.74) is 9.55. The molecular formula is C30H35N5O5. The van der Waals surface area contributed by atoms with Crippen LogP contribution in [0.5, 0.6) is 5.75 Å². The van der Waals surface area contributed by atoms with Crippen molar-refractivity contribution in [3.8, 4) is 17.0 Å². The third-order valence-electron chi connectivity index (χ3n) is 6.56. The van der Waals surface area contributed by atoms with E-state index in [4.69, 9.17) is 21.1 Å². The first-order valence-electron chi connectivity index (χ1n) is 13.2. The maximum Gasteiger partial charge on any atom is 0.410 e. The van der Waals surface area contributed by atoms with Crippen LogP contribution in [0, 0.1) is 0 Å². The number of primary amides is 1. The highest BCUT2D eigenvalue weighted by molar-refractivity contribution is 6.07. The molecule has 1 unspecified atom stereocenters. The van der Waals surface area contributed by atoms with E-state index in [1.807, 2.05) is 75.4 Å². The van der Waals surface area contributed by atoms with Gasteiger partial charge >= 0.3 is 6.09 Å².